The van der Waals surface area contributed by atoms with Gasteiger partial charge in [0, 0.05) is 31.4 Å². The molecule has 1 atom stereocenters. The van der Waals surface area contributed by atoms with Crippen molar-refractivity contribution in [3.63, 3.8) is 0 Å². The Labute approximate surface area is 259 Å². The summed E-state index contributed by atoms with van der Waals surface area (Å²) < 4.78 is 28.6. The fraction of sp³-hybridized carbons (Fsp3) is 0.406. The van der Waals surface area contributed by atoms with Crippen LogP contribution in [0.25, 0.3) is 28.0 Å². The Morgan fingerprint density at radius 3 is 2.61 bits per heavy atom. The number of ether oxygens (including phenoxy) is 2. The summed E-state index contributed by atoms with van der Waals surface area (Å²) in [5, 5.41) is 0.535. The van der Waals surface area contributed by atoms with Crippen molar-refractivity contribution >= 4 is 34.5 Å². The molecule has 0 N–H and O–H groups in total. The van der Waals surface area contributed by atoms with E-state index in [-0.39, 0.29) is 52.8 Å². The van der Waals surface area contributed by atoms with Crippen LogP contribution < -0.4 is 15.3 Å². The monoisotopic (exact) mass is 620 g/mol. The first-order valence-corrected chi connectivity index (χ1v) is 15.0. The number of anilines is 1. The lowest BCUT2D eigenvalue weighted by Crippen LogP contribution is -2.57. The first kappa shape index (κ1) is 29.8. The van der Waals surface area contributed by atoms with Crippen LogP contribution in [0.1, 0.15) is 51.8 Å². The van der Waals surface area contributed by atoms with Gasteiger partial charge in [-0.1, -0.05) is 37.6 Å². The van der Waals surface area contributed by atoms with Gasteiger partial charge in [0.2, 0.25) is 0 Å². The molecule has 6 rings (SSSR count). The molecule has 12 heteroatoms. The van der Waals surface area contributed by atoms with Gasteiger partial charge in [-0.15, -0.1) is 0 Å². The van der Waals surface area contributed by atoms with E-state index in [9.17, 15) is 9.59 Å². The zero-order chi connectivity index (χ0) is 31.5. The molecule has 10 nitrogen and oxygen atoms in total. The van der Waals surface area contributed by atoms with E-state index in [1.54, 1.807) is 29.3 Å². The summed E-state index contributed by atoms with van der Waals surface area (Å²) >= 11 is 6.99. The summed E-state index contributed by atoms with van der Waals surface area (Å²) in [7, 11) is 0. The molecule has 2 aliphatic heterocycles. The van der Waals surface area contributed by atoms with Crippen molar-refractivity contribution in [1.82, 2.24) is 24.4 Å². The highest BCUT2D eigenvalue weighted by Crippen LogP contribution is 2.45. The van der Waals surface area contributed by atoms with Gasteiger partial charge in [-0.05, 0) is 57.4 Å². The third kappa shape index (κ3) is 5.12. The predicted octanol–water partition coefficient (Wildman–Crippen LogP) is 5.89. The number of nitrogens with zero attached hydrogens (tertiary/aromatic N) is 6. The van der Waals surface area contributed by atoms with Crippen LogP contribution in [0.4, 0.5) is 15.0 Å². The van der Waals surface area contributed by atoms with E-state index in [1.165, 1.54) is 10.6 Å². The molecule has 1 fully saturated rings. The number of aromatic nitrogens is 4. The number of piperazine rings is 1. The van der Waals surface area contributed by atoms with Gasteiger partial charge in [0.25, 0.3) is 0 Å². The highest BCUT2D eigenvalue weighted by atomic mass is 35.5. The van der Waals surface area contributed by atoms with Crippen LogP contribution in [0, 0.1) is 12.7 Å². The average Bonchev–Trinajstić information content (AvgIpc) is 3.12. The number of carbonyl (C=O) groups excluding carboxylic acids is 1. The van der Waals surface area contributed by atoms with Crippen molar-refractivity contribution in [3.05, 3.63) is 69.1 Å². The van der Waals surface area contributed by atoms with Gasteiger partial charge in [-0.25, -0.2) is 23.5 Å². The number of pyridine rings is 2. The number of aryl methyl sites for hydroxylation is 1. The molecule has 230 valence electrons. The van der Waals surface area contributed by atoms with Crippen molar-refractivity contribution in [2.45, 2.75) is 59.1 Å². The van der Waals surface area contributed by atoms with E-state index in [2.05, 4.69) is 9.97 Å². The number of hydrogen-bond donors (Lipinski definition) is 0. The van der Waals surface area contributed by atoms with Crippen molar-refractivity contribution in [2.75, 3.05) is 31.1 Å². The van der Waals surface area contributed by atoms with E-state index >= 15 is 4.39 Å². The summed E-state index contributed by atoms with van der Waals surface area (Å²) in [6.45, 7) is 12.5. The van der Waals surface area contributed by atoms with Gasteiger partial charge < -0.3 is 19.3 Å². The van der Waals surface area contributed by atoms with Gasteiger partial charge >= 0.3 is 11.8 Å². The van der Waals surface area contributed by atoms with Gasteiger partial charge in [0.1, 0.15) is 34.3 Å². The minimum Gasteiger partial charge on any atom is -0.489 e. The third-order valence-electron chi connectivity index (χ3n) is 7.78. The average molecular weight is 621 g/mol. The van der Waals surface area contributed by atoms with Crippen molar-refractivity contribution in [3.8, 4) is 22.7 Å². The molecule has 1 aromatic carbocycles. The van der Waals surface area contributed by atoms with Crippen LogP contribution >= 0.6 is 11.6 Å². The molecule has 0 radical (unpaired) electrons. The lowest BCUT2D eigenvalue weighted by molar-refractivity contribution is 0.0202. The third-order valence-corrected chi connectivity index (χ3v) is 8.13. The van der Waals surface area contributed by atoms with Crippen molar-refractivity contribution < 1.29 is 18.7 Å². The highest BCUT2D eigenvalue weighted by molar-refractivity contribution is 6.36. The Balaban J connectivity index is 1.61. The van der Waals surface area contributed by atoms with Crippen molar-refractivity contribution in [2.24, 2.45) is 0 Å². The first-order valence-electron chi connectivity index (χ1n) is 14.6. The molecular weight excluding hydrogens is 587 g/mol. The van der Waals surface area contributed by atoms with E-state index in [1.807, 2.05) is 52.5 Å². The molecule has 0 spiro atoms. The second-order valence-electron chi connectivity index (χ2n) is 12.4. The first-order chi connectivity index (χ1) is 20.9. The number of benzene rings is 1. The Morgan fingerprint density at radius 1 is 1.16 bits per heavy atom. The number of hydrogen-bond acceptors (Lipinski definition) is 8. The fourth-order valence-corrected chi connectivity index (χ4v) is 6.08. The summed E-state index contributed by atoms with van der Waals surface area (Å²) in [5.41, 5.74) is 1.36. The van der Waals surface area contributed by atoms with Crippen LogP contribution in [0.15, 0.2) is 41.3 Å². The second kappa shape index (κ2) is 11.0. The minimum absolute atomic E-state index is 0.0263. The molecule has 0 saturated carbocycles. The molecule has 1 amide bonds. The molecule has 5 heterocycles. The summed E-state index contributed by atoms with van der Waals surface area (Å²) in [5.74, 6) is 0.0550. The van der Waals surface area contributed by atoms with Crippen molar-refractivity contribution in [1.29, 1.82) is 0 Å². The molecule has 4 aromatic rings. The SMILES string of the molecule is Cc1ccnc(C(C)C)c1-n1c(=O)nc2c3c(c(Cl)c(-c4ccccc4F)nc31)OC[C@@H]1CN(C(=O)OC(C)(C)C)CCN21. The standard InChI is InChI=1S/C32H34ClFN6O4/c1-17(2)24-26(18(3)11-12-35-24)40-29-22-27(23(33)25(36-29)20-9-7-8-10-21(20)34)43-16-19-15-38(31(42)44-32(4,5)6)13-14-39(19)28(22)37-30(40)41/h7-12,17,19H,13-16H2,1-6H3/t19-/m0/s1. The lowest BCUT2D eigenvalue weighted by atomic mass is 10.0. The summed E-state index contributed by atoms with van der Waals surface area (Å²) in [6, 6.07) is 7.64. The van der Waals surface area contributed by atoms with Gasteiger partial charge in [0.15, 0.2) is 11.4 Å². The zero-order valence-electron chi connectivity index (χ0n) is 25.5. The maximum atomic E-state index is 15.2. The van der Waals surface area contributed by atoms with Crippen LogP contribution in [-0.4, -0.2) is 68.4 Å². The van der Waals surface area contributed by atoms with Gasteiger partial charge in [0.05, 0.1) is 23.1 Å². The molecule has 1 saturated heterocycles. The normalized spacial score (nSPS) is 16.5. The van der Waals surface area contributed by atoms with E-state index < -0.39 is 23.2 Å². The quantitative estimate of drug-likeness (QED) is 0.280. The van der Waals surface area contributed by atoms with Gasteiger partial charge in [-0.2, -0.15) is 4.98 Å². The predicted molar refractivity (Wildman–Crippen MR) is 167 cm³/mol. The molecule has 2 aliphatic rings. The summed E-state index contributed by atoms with van der Waals surface area (Å²) in [4.78, 5) is 44.7. The maximum Gasteiger partial charge on any atom is 0.410 e. The highest BCUT2D eigenvalue weighted by Gasteiger charge is 2.38. The largest absolute Gasteiger partial charge is 0.489 e. The van der Waals surface area contributed by atoms with Crippen LogP contribution in [0.3, 0.4) is 0 Å². The Kier molecular flexibility index (Phi) is 7.47. The molecule has 3 aromatic heterocycles. The lowest BCUT2D eigenvalue weighted by Gasteiger charge is -2.41. The molecular formula is C32H34ClFN6O4. The molecule has 0 unspecified atom stereocenters. The maximum absolute atomic E-state index is 15.2. The van der Waals surface area contributed by atoms with Gasteiger partial charge in [-0.3, -0.25) is 4.98 Å². The van der Waals surface area contributed by atoms with E-state index in [4.69, 9.17) is 26.1 Å². The second-order valence-corrected chi connectivity index (χ2v) is 12.8. The fourth-order valence-electron chi connectivity index (χ4n) is 5.79. The van der Waals surface area contributed by atoms with Crippen LogP contribution in [0.2, 0.25) is 5.02 Å². The van der Waals surface area contributed by atoms with E-state index in [0.29, 0.717) is 35.7 Å². The number of halogens is 2. The number of rotatable bonds is 3. The zero-order valence-corrected chi connectivity index (χ0v) is 26.3. The van der Waals surface area contributed by atoms with E-state index in [0.717, 1.165) is 5.56 Å². The smallest absolute Gasteiger partial charge is 0.410 e. The van der Waals surface area contributed by atoms with Crippen LogP contribution in [0.5, 0.6) is 5.75 Å². The molecule has 44 heavy (non-hydrogen) atoms. The number of fused-ring (bicyclic) bond motifs is 2. The Morgan fingerprint density at radius 2 is 1.91 bits per heavy atom. The Hall–Kier alpha value is -4.25. The Bertz CT molecular complexity index is 1850. The molecule has 0 aliphatic carbocycles. The minimum atomic E-state index is -0.649. The molecule has 0 bridgehead atoms. The number of amides is 1. The topological polar surface area (TPSA) is 103 Å². The summed E-state index contributed by atoms with van der Waals surface area (Å²) in [6.07, 6.45) is 1.28. The van der Waals surface area contributed by atoms with Crippen LogP contribution in [-0.2, 0) is 4.74 Å². The number of carbonyl (C=O) groups is 1.